The number of benzene rings is 1. The van der Waals surface area contributed by atoms with E-state index in [9.17, 15) is 15.0 Å². The van der Waals surface area contributed by atoms with E-state index in [2.05, 4.69) is 5.16 Å². The summed E-state index contributed by atoms with van der Waals surface area (Å²) in [6.07, 6.45) is 2.41. The number of ketones is 1. The highest BCUT2D eigenvalue weighted by Crippen LogP contribution is 2.51. The van der Waals surface area contributed by atoms with Crippen molar-refractivity contribution in [1.29, 1.82) is 0 Å². The van der Waals surface area contributed by atoms with E-state index >= 15 is 0 Å². The number of aliphatic hydroxyl groups excluding tert-OH is 1. The van der Waals surface area contributed by atoms with Gasteiger partial charge < -0.3 is 19.5 Å². The first-order chi connectivity index (χ1) is 13.4. The van der Waals surface area contributed by atoms with Gasteiger partial charge in [-0.1, -0.05) is 49.4 Å². The minimum Gasteiger partial charge on any atom is -0.470 e. The fourth-order valence-electron chi connectivity index (χ4n) is 4.26. The van der Waals surface area contributed by atoms with Crippen LogP contribution < -0.4 is 4.74 Å². The quantitative estimate of drug-likeness (QED) is 0.778. The van der Waals surface area contributed by atoms with Crippen molar-refractivity contribution < 1.29 is 24.3 Å². The smallest absolute Gasteiger partial charge is 0.265 e. The van der Waals surface area contributed by atoms with E-state index in [-0.39, 0.29) is 18.1 Å². The molecule has 0 amide bonds. The predicted molar refractivity (Wildman–Crippen MR) is 101 cm³/mol. The maximum absolute atomic E-state index is 13.4. The van der Waals surface area contributed by atoms with E-state index < -0.39 is 35.4 Å². The van der Waals surface area contributed by atoms with Crippen molar-refractivity contribution in [2.45, 2.75) is 31.3 Å². The third-order valence-electron chi connectivity index (χ3n) is 5.89. The van der Waals surface area contributed by atoms with Crippen molar-refractivity contribution in [3.63, 3.8) is 0 Å². The molecule has 0 aliphatic heterocycles. The van der Waals surface area contributed by atoms with Crippen molar-refractivity contribution in [2.24, 2.45) is 11.8 Å². The molecule has 1 aromatic carbocycles. The molecule has 0 fully saturated rings. The lowest BCUT2D eigenvalue weighted by Crippen LogP contribution is -2.61. The molecule has 4 rings (SSSR count). The summed E-state index contributed by atoms with van der Waals surface area (Å²) in [6, 6.07) is 9.11. The molecule has 0 spiro atoms. The zero-order chi connectivity index (χ0) is 20.1. The van der Waals surface area contributed by atoms with Gasteiger partial charge in [-0.25, -0.2) is 0 Å². The second-order valence-corrected chi connectivity index (χ2v) is 7.75. The summed E-state index contributed by atoms with van der Waals surface area (Å²) in [5.74, 6) is -1.32. The number of nitrogens with zero attached hydrogens (tertiary/aromatic N) is 2. The average molecular weight is 384 g/mol. The topological polar surface area (TPSA) is 96.0 Å². The van der Waals surface area contributed by atoms with Crippen molar-refractivity contribution in [3.05, 3.63) is 59.4 Å². The standard InChI is InChI=1S/C21H24N2O5/c1-12-15(24)10-9-14-17(23(2)3)18-16(19(25)21(12,14)26)20(22-28-18)27-11-13-7-5-4-6-8-13/h4-10,12,14-15,17,24,26H,11H2,1-3H3/t12-,14+,15-,17+,21-/m1/s1. The first kappa shape index (κ1) is 18.9. The predicted octanol–water partition coefficient (Wildman–Crippen LogP) is 1.97. The van der Waals surface area contributed by atoms with Gasteiger partial charge in [0, 0.05) is 11.8 Å². The van der Waals surface area contributed by atoms with Gasteiger partial charge in [0.1, 0.15) is 17.8 Å². The van der Waals surface area contributed by atoms with Gasteiger partial charge in [0.2, 0.25) is 5.78 Å². The number of rotatable bonds is 4. The van der Waals surface area contributed by atoms with Gasteiger partial charge in [0.15, 0.2) is 5.76 Å². The summed E-state index contributed by atoms with van der Waals surface area (Å²) in [4.78, 5) is 15.3. The molecule has 148 valence electrons. The Morgan fingerprint density at radius 3 is 2.64 bits per heavy atom. The summed E-state index contributed by atoms with van der Waals surface area (Å²) >= 11 is 0. The number of aromatic nitrogens is 1. The molecular weight excluding hydrogens is 360 g/mol. The molecule has 2 N–H and O–H groups in total. The Kier molecular flexibility index (Phi) is 4.61. The number of fused-ring (bicyclic) bond motifs is 2. The van der Waals surface area contributed by atoms with Crippen molar-refractivity contribution in [1.82, 2.24) is 10.1 Å². The van der Waals surface area contributed by atoms with Crippen molar-refractivity contribution in [3.8, 4) is 5.88 Å². The lowest BCUT2D eigenvalue weighted by molar-refractivity contribution is -0.0861. The Labute approximate surface area is 163 Å². The third-order valence-corrected chi connectivity index (χ3v) is 5.89. The van der Waals surface area contributed by atoms with Crippen LogP contribution in [0.3, 0.4) is 0 Å². The van der Waals surface area contributed by atoms with Crippen LogP contribution in [0.4, 0.5) is 0 Å². The average Bonchev–Trinajstić information content (AvgIpc) is 3.10. The molecule has 1 heterocycles. The maximum Gasteiger partial charge on any atom is 0.265 e. The lowest BCUT2D eigenvalue weighted by atomic mass is 9.61. The highest BCUT2D eigenvalue weighted by Gasteiger charge is 2.60. The second-order valence-electron chi connectivity index (χ2n) is 7.75. The molecule has 2 aliphatic rings. The first-order valence-corrected chi connectivity index (χ1v) is 9.32. The summed E-state index contributed by atoms with van der Waals surface area (Å²) in [5.41, 5.74) is -0.692. The SMILES string of the molecule is C[C@@H]1[C@H](O)C=C[C@H]2[C@H](N(C)C)c3onc(OCc4ccccc4)c3C(=O)[C@@]12O. The third kappa shape index (κ3) is 2.70. The Morgan fingerprint density at radius 2 is 1.96 bits per heavy atom. The van der Waals surface area contributed by atoms with Crippen LogP contribution in [0.5, 0.6) is 5.88 Å². The van der Waals surface area contributed by atoms with Gasteiger partial charge in [-0.3, -0.25) is 9.69 Å². The fourth-order valence-corrected chi connectivity index (χ4v) is 4.26. The number of ether oxygens (including phenoxy) is 1. The largest absolute Gasteiger partial charge is 0.470 e. The van der Waals surface area contributed by atoms with Crippen LogP contribution in [0, 0.1) is 11.8 Å². The van der Waals surface area contributed by atoms with E-state index in [0.717, 1.165) is 5.56 Å². The number of carbonyl (C=O) groups excluding carboxylic acids is 1. The molecule has 2 aliphatic carbocycles. The van der Waals surface area contributed by atoms with Gasteiger partial charge in [-0.2, -0.15) is 0 Å². The Balaban J connectivity index is 1.76. The minimum atomic E-state index is -1.77. The molecule has 28 heavy (non-hydrogen) atoms. The van der Waals surface area contributed by atoms with Crippen LogP contribution in [0.2, 0.25) is 0 Å². The zero-order valence-electron chi connectivity index (χ0n) is 16.1. The Morgan fingerprint density at radius 1 is 1.25 bits per heavy atom. The molecule has 1 aromatic heterocycles. The highest BCUT2D eigenvalue weighted by atomic mass is 16.5. The summed E-state index contributed by atoms with van der Waals surface area (Å²) in [6.45, 7) is 1.90. The van der Waals surface area contributed by atoms with Gasteiger partial charge in [0.25, 0.3) is 5.88 Å². The van der Waals surface area contributed by atoms with Gasteiger partial charge >= 0.3 is 0 Å². The first-order valence-electron chi connectivity index (χ1n) is 9.32. The number of aliphatic hydroxyl groups is 2. The number of Topliss-reactive ketones (excluding diaryl/α,β-unsaturated/α-hetero) is 1. The van der Waals surface area contributed by atoms with E-state index in [1.165, 1.54) is 0 Å². The monoisotopic (exact) mass is 384 g/mol. The molecule has 0 bridgehead atoms. The van der Waals surface area contributed by atoms with E-state index in [1.807, 2.05) is 49.3 Å². The molecule has 0 saturated carbocycles. The Bertz CT molecular complexity index is 907. The Hall–Kier alpha value is -2.48. The molecule has 0 saturated heterocycles. The minimum absolute atomic E-state index is 0.0684. The zero-order valence-corrected chi connectivity index (χ0v) is 16.1. The maximum atomic E-state index is 13.4. The van der Waals surface area contributed by atoms with Crippen LogP contribution >= 0.6 is 0 Å². The summed E-state index contributed by atoms with van der Waals surface area (Å²) in [7, 11) is 3.70. The number of hydrogen-bond donors (Lipinski definition) is 2. The van der Waals surface area contributed by atoms with Gasteiger partial charge in [0.05, 0.1) is 12.1 Å². The van der Waals surface area contributed by atoms with Crippen LogP contribution in [-0.4, -0.2) is 51.9 Å². The van der Waals surface area contributed by atoms with E-state index in [4.69, 9.17) is 9.26 Å². The fraction of sp³-hybridized carbons (Fsp3) is 0.429. The summed E-state index contributed by atoms with van der Waals surface area (Å²) < 4.78 is 11.3. The van der Waals surface area contributed by atoms with Crippen LogP contribution in [0.1, 0.15) is 34.6 Å². The lowest BCUT2D eigenvalue weighted by Gasteiger charge is -2.48. The number of carbonyl (C=O) groups is 1. The second kappa shape index (κ2) is 6.84. The highest BCUT2D eigenvalue weighted by molar-refractivity contribution is 6.07. The molecule has 0 unspecified atom stereocenters. The molecular formula is C21H24N2O5. The van der Waals surface area contributed by atoms with Crippen LogP contribution in [0.25, 0.3) is 0 Å². The van der Waals surface area contributed by atoms with Gasteiger partial charge in [-0.05, 0) is 24.8 Å². The van der Waals surface area contributed by atoms with Crippen molar-refractivity contribution in [2.75, 3.05) is 14.1 Å². The normalized spacial score (nSPS) is 31.6. The molecule has 7 heteroatoms. The summed E-state index contributed by atoms with van der Waals surface area (Å²) in [5, 5.41) is 25.7. The molecule has 2 aromatic rings. The molecule has 5 atom stereocenters. The number of hydrogen-bond acceptors (Lipinski definition) is 7. The van der Waals surface area contributed by atoms with Crippen LogP contribution in [0.15, 0.2) is 47.0 Å². The molecule has 0 radical (unpaired) electrons. The van der Waals surface area contributed by atoms with Gasteiger partial charge in [-0.15, -0.1) is 0 Å². The van der Waals surface area contributed by atoms with Crippen LogP contribution in [-0.2, 0) is 6.61 Å². The van der Waals surface area contributed by atoms with E-state index in [0.29, 0.717) is 5.76 Å². The molecule has 7 nitrogen and oxygen atoms in total. The van der Waals surface area contributed by atoms with E-state index in [1.54, 1.807) is 19.1 Å². The van der Waals surface area contributed by atoms with Crippen molar-refractivity contribution >= 4 is 5.78 Å².